The number of para-hydroxylation sites is 4. The lowest BCUT2D eigenvalue weighted by molar-refractivity contribution is 1.11. The molecule has 2 heteroatoms. The third-order valence-electron chi connectivity index (χ3n) is 7.61. The van der Waals surface area contributed by atoms with Crippen LogP contribution in [-0.2, 0) is 0 Å². The largest absolute Gasteiger partial charge is 0.309 e. The number of aromatic nitrogens is 2. The van der Waals surface area contributed by atoms with E-state index in [9.17, 15) is 0 Å². The predicted octanol–water partition coefficient (Wildman–Crippen LogP) is 10.1. The van der Waals surface area contributed by atoms with Crippen molar-refractivity contribution in [2.45, 2.75) is 6.92 Å². The van der Waals surface area contributed by atoms with Gasteiger partial charge in [0.1, 0.15) is 0 Å². The number of hydrogen-bond donors (Lipinski definition) is 0. The summed E-state index contributed by atoms with van der Waals surface area (Å²) >= 11 is 0. The first-order valence-electron chi connectivity index (χ1n) is 13.4. The van der Waals surface area contributed by atoms with Gasteiger partial charge in [0.2, 0.25) is 0 Å². The molecule has 0 amide bonds. The summed E-state index contributed by atoms with van der Waals surface area (Å²) in [5, 5.41) is 3.72. The number of benzene rings is 5. The van der Waals surface area contributed by atoms with E-state index in [0.29, 0.717) is 0 Å². The molecule has 0 fully saturated rings. The topological polar surface area (TPSA) is 9.86 Å². The number of rotatable bonds is 5. The van der Waals surface area contributed by atoms with Gasteiger partial charge in [0.25, 0.3) is 0 Å². The van der Waals surface area contributed by atoms with E-state index in [-0.39, 0.29) is 0 Å². The van der Waals surface area contributed by atoms with Crippen LogP contribution in [0.25, 0.3) is 67.4 Å². The molecule has 0 saturated carbocycles. The Labute approximate surface area is 228 Å². The van der Waals surface area contributed by atoms with Crippen LogP contribution in [0.5, 0.6) is 0 Å². The molecule has 0 spiro atoms. The molecule has 0 aliphatic carbocycles. The van der Waals surface area contributed by atoms with Gasteiger partial charge in [-0.05, 0) is 61.0 Å². The van der Waals surface area contributed by atoms with Crippen molar-refractivity contribution in [3.8, 4) is 22.5 Å². The highest BCUT2D eigenvalue weighted by Crippen LogP contribution is 2.40. The first-order valence-corrected chi connectivity index (χ1v) is 13.4. The second-order valence-electron chi connectivity index (χ2n) is 9.80. The number of allylic oxidation sites excluding steroid dienone is 1. The second-order valence-corrected chi connectivity index (χ2v) is 9.80. The lowest BCUT2D eigenvalue weighted by Gasteiger charge is -2.13. The Morgan fingerprint density at radius 2 is 1.23 bits per heavy atom. The standard InChI is InChI=1S/C37H28N2/c1-3-14-30-32-21-13-20-29(37(32)39(34(30)4-2)28-17-9-6-10-18-28)26-23-24-36-33(25-26)31-19-11-12-22-35(31)38(36)27-15-7-5-8-16-27/h3-25H,2H2,1H3/b14-3-. The fraction of sp³-hybridized carbons (Fsp3) is 0.0270. The molecule has 0 atom stereocenters. The maximum atomic E-state index is 4.21. The summed E-state index contributed by atoms with van der Waals surface area (Å²) in [5.41, 5.74) is 10.6. The van der Waals surface area contributed by atoms with E-state index in [4.69, 9.17) is 0 Å². The van der Waals surface area contributed by atoms with Crippen LogP contribution >= 0.6 is 0 Å². The van der Waals surface area contributed by atoms with E-state index < -0.39 is 0 Å². The molecule has 0 saturated heterocycles. The number of hydrogen-bond acceptors (Lipinski definition) is 0. The normalized spacial score (nSPS) is 11.7. The minimum Gasteiger partial charge on any atom is -0.309 e. The van der Waals surface area contributed by atoms with Gasteiger partial charge in [0.15, 0.2) is 0 Å². The smallest absolute Gasteiger partial charge is 0.0619 e. The summed E-state index contributed by atoms with van der Waals surface area (Å²) in [6, 6.07) is 43.4. The van der Waals surface area contributed by atoms with Crippen molar-refractivity contribution in [3.63, 3.8) is 0 Å². The van der Waals surface area contributed by atoms with E-state index in [1.165, 1.54) is 55.1 Å². The lowest BCUT2D eigenvalue weighted by atomic mass is 9.99. The van der Waals surface area contributed by atoms with Crippen LogP contribution in [-0.4, -0.2) is 9.13 Å². The zero-order valence-electron chi connectivity index (χ0n) is 21.9. The van der Waals surface area contributed by atoms with Gasteiger partial charge in [-0.3, -0.25) is 0 Å². The van der Waals surface area contributed by atoms with Crippen molar-refractivity contribution in [2.75, 3.05) is 0 Å². The molecular formula is C37H28N2. The molecule has 5 aromatic carbocycles. The molecule has 0 bridgehead atoms. The van der Waals surface area contributed by atoms with E-state index in [0.717, 1.165) is 11.4 Å². The van der Waals surface area contributed by atoms with Gasteiger partial charge in [0, 0.05) is 38.7 Å². The van der Waals surface area contributed by atoms with Gasteiger partial charge in [0.05, 0.1) is 22.2 Å². The highest BCUT2D eigenvalue weighted by molar-refractivity contribution is 6.12. The molecule has 0 radical (unpaired) electrons. The first kappa shape index (κ1) is 23.1. The van der Waals surface area contributed by atoms with Crippen LogP contribution in [0.4, 0.5) is 0 Å². The zero-order valence-corrected chi connectivity index (χ0v) is 21.9. The fourth-order valence-electron chi connectivity index (χ4n) is 6.00. The van der Waals surface area contributed by atoms with Gasteiger partial charge >= 0.3 is 0 Å². The third-order valence-corrected chi connectivity index (χ3v) is 7.61. The lowest BCUT2D eigenvalue weighted by Crippen LogP contribution is -1.98. The van der Waals surface area contributed by atoms with Crippen LogP contribution in [0.2, 0.25) is 0 Å². The quantitative estimate of drug-likeness (QED) is 0.222. The van der Waals surface area contributed by atoms with Gasteiger partial charge in [-0.15, -0.1) is 0 Å². The van der Waals surface area contributed by atoms with Crippen LogP contribution in [0.15, 0.2) is 134 Å². The van der Waals surface area contributed by atoms with Crippen molar-refractivity contribution in [1.29, 1.82) is 0 Å². The van der Waals surface area contributed by atoms with Gasteiger partial charge in [-0.2, -0.15) is 0 Å². The first-order chi connectivity index (χ1) is 19.3. The average molecular weight is 501 g/mol. The molecule has 0 unspecified atom stereocenters. The molecule has 0 aliphatic rings. The summed E-state index contributed by atoms with van der Waals surface area (Å²) in [5.74, 6) is 0. The Bertz CT molecular complexity index is 2020. The van der Waals surface area contributed by atoms with E-state index in [2.05, 4.69) is 156 Å². The third kappa shape index (κ3) is 3.57. The van der Waals surface area contributed by atoms with Crippen molar-refractivity contribution in [1.82, 2.24) is 9.13 Å². The Morgan fingerprint density at radius 1 is 0.590 bits per heavy atom. The maximum Gasteiger partial charge on any atom is 0.0619 e. The van der Waals surface area contributed by atoms with Crippen LogP contribution < -0.4 is 0 Å². The van der Waals surface area contributed by atoms with Gasteiger partial charge in [-0.1, -0.05) is 97.6 Å². The molecule has 2 nitrogen and oxygen atoms in total. The molecule has 0 N–H and O–H groups in total. The molecule has 0 aliphatic heterocycles. The summed E-state index contributed by atoms with van der Waals surface area (Å²) in [7, 11) is 0. The van der Waals surface area contributed by atoms with E-state index >= 15 is 0 Å². The Kier molecular flexibility index (Phi) is 5.53. The van der Waals surface area contributed by atoms with E-state index in [1.807, 2.05) is 6.08 Å². The maximum absolute atomic E-state index is 4.21. The molecule has 39 heavy (non-hydrogen) atoms. The highest BCUT2D eigenvalue weighted by Gasteiger charge is 2.19. The zero-order chi connectivity index (χ0) is 26.3. The summed E-state index contributed by atoms with van der Waals surface area (Å²) in [6.07, 6.45) is 6.27. The molecular weight excluding hydrogens is 472 g/mol. The van der Waals surface area contributed by atoms with Crippen LogP contribution in [0.3, 0.4) is 0 Å². The number of fused-ring (bicyclic) bond motifs is 4. The molecule has 2 aromatic heterocycles. The Morgan fingerprint density at radius 3 is 1.95 bits per heavy atom. The van der Waals surface area contributed by atoms with Crippen molar-refractivity contribution < 1.29 is 0 Å². The Hall–Kier alpha value is -5.08. The van der Waals surface area contributed by atoms with E-state index in [1.54, 1.807) is 0 Å². The minimum absolute atomic E-state index is 1.10. The number of nitrogens with zero attached hydrogens (tertiary/aromatic N) is 2. The molecule has 2 heterocycles. The summed E-state index contributed by atoms with van der Waals surface area (Å²) in [6.45, 7) is 6.28. The molecule has 7 rings (SSSR count). The minimum atomic E-state index is 1.10. The van der Waals surface area contributed by atoms with Crippen molar-refractivity contribution in [3.05, 3.63) is 145 Å². The van der Waals surface area contributed by atoms with Crippen LogP contribution in [0.1, 0.15) is 18.2 Å². The summed E-state index contributed by atoms with van der Waals surface area (Å²) in [4.78, 5) is 0. The monoisotopic (exact) mass is 500 g/mol. The predicted molar refractivity (Wildman–Crippen MR) is 168 cm³/mol. The molecule has 186 valence electrons. The van der Waals surface area contributed by atoms with Gasteiger partial charge < -0.3 is 9.13 Å². The highest BCUT2D eigenvalue weighted by atomic mass is 15.0. The second kappa shape index (κ2) is 9.34. The Balaban J connectivity index is 1.56. The average Bonchev–Trinajstić information content (AvgIpc) is 3.50. The summed E-state index contributed by atoms with van der Waals surface area (Å²) < 4.78 is 4.71. The fourth-order valence-corrected chi connectivity index (χ4v) is 6.00. The van der Waals surface area contributed by atoms with Gasteiger partial charge in [-0.25, -0.2) is 0 Å². The SMILES string of the molecule is C=Cc1c(/C=C\C)c2cccc(-c3ccc4c(c3)c3ccccc3n4-c3ccccc3)c2n1-c1ccccc1. The van der Waals surface area contributed by atoms with Crippen molar-refractivity contribution in [2.24, 2.45) is 0 Å². The van der Waals surface area contributed by atoms with Crippen molar-refractivity contribution >= 4 is 44.9 Å². The molecule has 7 aromatic rings. The van der Waals surface area contributed by atoms with Crippen LogP contribution in [0, 0.1) is 0 Å².